The van der Waals surface area contributed by atoms with Crippen LogP contribution in [0.25, 0.3) is 10.6 Å². The first-order valence-electron chi connectivity index (χ1n) is 8.36. The van der Waals surface area contributed by atoms with E-state index in [1.807, 2.05) is 0 Å². The van der Waals surface area contributed by atoms with Gasteiger partial charge in [-0.3, -0.25) is 18.3 Å². The minimum atomic E-state index is -4.50. The number of thiophene rings is 1. The fourth-order valence-electron chi connectivity index (χ4n) is 2.59. The van der Waals surface area contributed by atoms with Crippen LogP contribution < -0.4 is 0 Å². The molecule has 0 aliphatic heterocycles. The first-order chi connectivity index (χ1) is 12.8. The third-order valence-corrected chi connectivity index (χ3v) is 4.99. The minimum Gasteiger partial charge on any atom is -0.342 e. The highest BCUT2D eigenvalue weighted by molar-refractivity contribution is 7.15. The summed E-state index contributed by atoms with van der Waals surface area (Å²) < 4.78 is 64.2. The highest BCUT2D eigenvalue weighted by atomic mass is 32.1. The number of aromatic nitrogens is 2. The Kier molecular flexibility index (Phi) is 7.34. The molecule has 0 aliphatic rings. The van der Waals surface area contributed by atoms with Crippen molar-refractivity contribution in [3.63, 3.8) is 0 Å². The van der Waals surface area contributed by atoms with Gasteiger partial charge in [0, 0.05) is 25.0 Å². The van der Waals surface area contributed by atoms with E-state index >= 15 is 0 Å². The van der Waals surface area contributed by atoms with E-state index in [4.69, 9.17) is 0 Å². The maximum absolute atomic E-state index is 12.9. The number of rotatable bonds is 9. The topological polar surface area (TPSA) is 38.1 Å². The van der Waals surface area contributed by atoms with Gasteiger partial charge in [-0.2, -0.15) is 18.3 Å². The van der Waals surface area contributed by atoms with E-state index in [-0.39, 0.29) is 44.0 Å². The van der Waals surface area contributed by atoms with Gasteiger partial charge in [-0.05, 0) is 31.0 Å². The summed E-state index contributed by atoms with van der Waals surface area (Å²) in [5.41, 5.74) is -0.674. The van der Waals surface area contributed by atoms with Crippen LogP contribution in [0.1, 0.15) is 23.4 Å². The van der Waals surface area contributed by atoms with Crippen molar-refractivity contribution in [3.05, 3.63) is 28.8 Å². The van der Waals surface area contributed by atoms with Crippen molar-refractivity contribution in [3.8, 4) is 10.6 Å². The van der Waals surface area contributed by atoms with Crippen LogP contribution in [-0.2, 0) is 24.4 Å². The van der Waals surface area contributed by atoms with Crippen molar-refractivity contribution in [2.45, 2.75) is 25.4 Å². The highest BCUT2D eigenvalue weighted by Crippen LogP contribution is 2.34. The van der Waals surface area contributed by atoms with Crippen LogP contribution in [0.3, 0.4) is 0 Å². The van der Waals surface area contributed by atoms with E-state index in [9.17, 15) is 26.7 Å². The molecule has 0 aromatic carbocycles. The van der Waals surface area contributed by atoms with E-state index in [0.29, 0.717) is 9.75 Å². The van der Waals surface area contributed by atoms with Crippen LogP contribution in [0.2, 0.25) is 0 Å². The third-order valence-electron chi connectivity index (χ3n) is 3.89. The Labute approximate surface area is 157 Å². The summed E-state index contributed by atoms with van der Waals surface area (Å²) in [6.45, 7) is -0.709. The molecule has 0 radical (unpaired) electrons. The Balaban J connectivity index is 2.09. The molecule has 2 aromatic heterocycles. The molecule has 0 unspecified atom stereocenters. The quantitative estimate of drug-likeness (QED) is 0.581. The molecule has 0 spiro atoms. The van der Waals surface area contributed by atoms with Crippen LogP contribution >= 0.6 is 11.3 Å². The fraction of sp³-hybridized carbons (Fsp3) is 0.529. The lowest BCUT2D eigenvalue weighted by Gasteiger charge is -2.21. The molecule has 10 heteroatoms. The molecular weight excluding hydrogens is 389 g/mol. The molecule has 0 saturated carbocycles. The van der Waals surface area contributed by atoms with E-state index < -0.39 is 25.2 Å². The summed E-state index contributed by atoms with van der Waals surface area (Å²) in [5, 5.41) is 3.88. The van der Waals surface area contributed by atoms with Gasteiger partial charge in [-0.25, -0.2) is 0 Å². The second-order valence-corrected chi connectivity index (χ2v) is 7.11. The molecule has 0 fully saturated rings. The van der Waals surface area contributed by atoms with E-state index in [0.717, 1.165) is 10.7 Å². The Morgan fingerprint density at radius 3 is 2.33 bits per heavy atom. The first-order valence-corrected chi connectivity index (χ1v) is 9.18. The lowest BCUT2D eigenvalue weighted by atomic mass is 10.2. The number of carbonyl (C=O) groups is 1. The minimum absolute atomic E-state index is 0.0300. The third kappa shape index (κ3) is 5.75. The van der Waals surface area contributed by atoms with Gasteiger partial charge < -0.3 is 4.90 Å². The Hall–Kier alpha value is -1.97. The summed E-state index contributed by atoms with van der Waals surface area (Å²) in [6.07, 6.45) is -4.10. The number of aryl methyl sites for hydroxylation is 1. The van der Waals surface area contributed by atoms with E-state index in [1.54, 1.807) is 12.1 Å². The molecule has 4 nitrogen and oxygen atoms in total. The monoisotopic (exact) mass is 409 g/mol. The molecule has 0 N–H and O–H groups in total. The molecule has 0 aliphatic carbocycles. The van der Waals surface area contributed by atoms with E-state index in [1.165, 1.54) is 23.3 Å². The van der Waals surface area contributed by atoms with Gasteiger partial charge in [-0.15, -0.1) is 11.3 Å². The Bertz CT molecular complexity index is 748. The largest absolute Gasteiger partial charge is 0.433 e. The molecule has 150 valence electrons. The average Bonchev–Trinajstić information content (AvgIpc) is 3.21. The second-order valence-electron chi connectivity index (χ2n) is 5.94. The number of alkyl halides is 5. The van der Waals surface area contributed by atoms with Crippen LogP contribution in [0, 0.1) is 0 Å². The Morgan fingerprint density at radius 1 is 1.19 bits per heavy atom. The summed E-state index contributed by atoms with van der Waals surface area (Å²) >= 11 is 1.17. The molecule has 0 saturated heterocycles. The van der Waals surface area contributed by atoms with Gasteiger partial charge in [0.25, 0.3) is 0 Å². The number of hydrogen-bond donors (Lipinski definition) is 0. The van der Waals surface area contributed by atoms with Crippen molar-refractivity contribution in [1.82, 2.24) is 14.7 Å². The Morgan fingerprint density at radius 2 is 1.81 bits per heavy atom. The van der Waals surface area contributed by atoms with Gasteiger partial charge in [0.05, 0.1) is 24.6 Å². The van der Waals surface area contributed by atoms with Gasteiger partial charge in [0.2, 0.25) is 5.91 Å². The molecule has 0 bridgehead atoms. The molecule has 2 rings (SSSR count). The maximum Gasteiger partial charge on any atom is 0.433 e. The number of nitrogens with zero attached hydrogens (tertiary/aromatic N) is 3. The van der Waals surface area contributed by atoms with Crippen LogP contribution in [-0.4, -0.2) is 47.0 Å². The molecular formula is C17H20F5N3OS. The molecule has 1 amide bonds. The summed E-state index contributed by atoms with van der Waals surface area (Å²) in [4.78, 5) is 15.0. The summed E-state index contributed by atoms with van der Waals surface area (Å²) in [7, 11) is 1.22. The summed E-state index contributed by atoms with van der Waals surface area (Å²) in [6, 6.07) is 4.23. The van der Waals surface area contributed by atoms with Crippen LogP contribution in [0.4, 0.5) is 22.0 Å². The van der Waals surface area contributed by atoms with Gasteiger partial charge >= 0.3 is 6.18 Å². The van der Waals surface area contributed by atoms with Crippen molar-refractivity contribution in [1.29, 1.82) is 0 Å². The second kappa shape index (κ2) is 9.29. The predicted octanol–water partition coefficient (Wildman–Crippen LogP) is 4.26. The fourth-order valence-corrected chi connectivity index (χ4v) is 3.54. The maximum atomic E-state index is 12.9. The van der Waals surface area contributed by atoms with Crippen LogP contribution in [0.5, 0.6) is 0 Å². The van der Waals surface area contributed by atoms with Gasteiger partial charge in [0.15, 0.2) is 0 Å². The van der Waals surface area contributed by atoms with E-state index in [2.05, 4.69) is 5.10 Å². The lowest BCUT2D eigenvalue weighted by molar-refractivity contribution is -0.143. The smallest absolute Gasteiger partial charge is 0.342 e. The van der Waals surface area contributed by atoms with Crippen molar-refractivity contribution in [2.75, 3.05) is 26.4 Å². The molecule has 0 atom stereocenters. The predicted molar refractivity (Wildman–Crippen MR) is 93.0 cm³/mol. The number of carbonyl (C=O) groups excluding carboxylic acids is 1. The summed E-state index contributed by atoms with van der Waals surface area (Å²) in [5.74, 6) is -0.262. The first kappa shape index (κ1) is 21.3. The molecule has 2 heterocycles. The average molecular weight is 409 g/mol. The number of halogens is 5. The van der Waals surface area contributed by atoms with Crippen molar-refractivity contribution >= 4 is 17.2 Å². The zero-order valence-electron chi connectivity index (χ0n) is 14.7. The van der Waals surface area contributed by atoms with Gasteiger partial charge in [0.1, 0.15) is 11.4 Å². The molecule has 2 aromatic rings. The number of amides is 1. The highest BCUT2D eigenvalue weighted by Gasteiger charge is 2.35. The zero-order valence-corrected chi connectivity index (χ0v) is 15.5. The van der Waals surface area contributed by atoms with Crippen LogP contribution in [0.15, 0.2) is 18.2 Å². The number of hydrogen-bond acceptors (Lipinski definition) is 3. The van der Waals surface area contributed by atoms with Crippen molar-refractivity contribution in [2.24, 2.45) is 7.05 Å². The zero-order chi connectivity index (χ0) is 20.0. The van der Waals surface area contributed by atoms with Gasteiger partial charge in [-0.1, -0.05) is 0 Å². The molecule has 27 heavy (non-hydrogen) atoms. The standard InChI is InChI=1S/C17H20F5N3OS/c1-24-15(17(20,21)22)11-13(23-24)14-5-4-12(27-14)10-16(26)25(8-2-6-18)9-3-7-19/h4-5,11H,2-3,6-10H2,1H3. The normalized spacial score (nSPS) is 11.8. The van der Waals surface area contributed by atoms with Crippen molar-refractivity contribution < 1.29 is 26.7 Å². The lowest BCUT2D eigenvalue weighted by Crippen LogP contribution is -2.34. The SMILES string of the molecule is Cn1nc(-c2ccc(CC(=O)N(CCCF)CCCF)s2)cc1C(F)(F)F.